The fraction of sp³-hybridized carbons (Fsp3) is 0.111. The van der Waals surface area contributed by atoms with Gasteiger partial charge in [0.25, 0.3) is 11.8 Å². The maximum atomic E-state index is 12.1. The first-order chi connectivity index (χ1) is 12.4. The molecule has 8 nitrogen and oxygen atoms in total. The molecule has 4 N–H and O–H groups in total. The van der Waals surface area contributed by atoms with Crippen LogP contribution in [0.15, 0.2) is 60.7 Å². The first kappa shape index (κ1) is 19.0. The second-order valence-corrected chi connectivity index (χ2v) is 5.37. The van der Waals surface area contributed by atoms with Gasteiger partial charge < -0.3 is 0 Å². The normalized spacial score (nSPS) is 10.1. The monoisotopic (exact) mass is 354 g/mol. The fourth-order valence-electron chi connectivity index (χ4n) is 2.12. The highest BCUT2D eigenvalue weighted by molar-refractivity contribution is 6.06. The topological polar surface area (TPSA) is 127 Å². The lowest BCUT2D eigenvalue weighted by Crippen LogP contribution is -2.45. The van der Waals surface area contributed by atoms with Gasteiger partial charge in [-0.25, -0.2) is 21.7 Å². The molecular formula is C18H18N4O4. The first-order valence-electron chi connectivity index (χ1n) is 7.76. The number of hydrogen-bond acceptors (Lipinski definition) is 6. The molecule has 2 rings (SSSR count). The minimum atomic E-state index is -0.757. The SMILES string of the molecule is NN(C(=O)CCC(=O)N(N)C(=O)c1ccccc1)C(=O)c1ccccc1. The molecule has 0 aliphatic carbocycles. The molecule has 4 amide bonds. The average molecular weight is 354 g/mol. The molecule has 8 heteroatoms. The van der Waals surface area contributed by atoms with Gasteiger partial charge in [0, 0.05) is 24.0 Å². The maximum absolute atomic E-state index is 12.1. The van der Waals surface area contributed by atoms with E-state index in [0.717, 1.165) is 0 Å². The van der Waals surface area contributed by atoms with E-state index in [9.17, 15) is 19.2 Å². The van der Waals surface area contributed by atoms with Gasteiger partial charge >= 0.3 is 0 Å². The Morgan fingerprint density at radius 2 is 0.923 bits per heavy atom. The van der Waals surface area contributed by atoms with E-state index >= 15 is 0 Å². The van der Waals surface area contributed by atoms with Gasteiger partial charge in [0.15, 0.2) is 0 Å². The quantitative estimate of drug-likeness (QED) is 0.466. The smallest absolute Gasteiger partial charge is 0.273 e. The molecule has 0 aliphatic heterocycles. The summed E-state index contributed by atoms with van der Waals surface area (Å²) in [5.41, 5.74) is 0.490. The van der Waals surface area contributed by atoms with Gasteiger partial charge in [-0.05, 0) is 24.3 Å². The third kappa shape index (κ3) is 4.59. The van der Waals surface area contributed by atoms with Crippen molar-refractivity contribution in [1.29, 1.82) is 0 Å². The Labute approximate surface area is 149 Å². The number of imide groups is 2. The van der Waals surface area contributed by atoms with Gasteiger partial charge in [-0.1, -0.05) is 36.4 Å². The molecule has 0 bridgehead atoms. The summed E-state index contributed by atoms with van der Waals surface area (Å²) in [4.78, 5) is 48.1. The highest BCUT2D eigenvalue weighted by atomic mass is 16.2. The number of carbonyl (C=O) groups excluding carboxylic acids is 4. The van der Waals surface area contributed by atoms with Crippen molar-refractivity contribution in [2.45, 2.75) is 12.8 Å². The Bertz CT molecular complexity index is 739. The molecule has 0 aromatic heterocycles. The molecule has 0 saturated heterocycles. The van der Waals surface area contributed by atoms with Crippen LogP contribution in [0, 0.1) is 0 Å². The van der Waals surface area contributed by atoms with Crippen LogP contribution in [0.5, 0.6) is 0 Å². The van der Waals surface area contributed by atoms with Crippen LogP contribution in [0.2, 0.25) is 0 Å². The molecule has 134 valence electrons. The molecule has 0 heterocycles. The van der Waals surface area contributed by atoms with E-state index in [2.05, 4.69) is 0 Å². The van der Waals surface area contributed by atoms with Crippen LogP contribution in [-0.2, 0) is 9.59 Å². The van der Waals surface area contributed by atoms with Crippen LogP contribution in [-0.4, -0.2) is 33.6 Å². The zero-order chi connectivity index (χ0) is 19.1. The summed E-state index contributed by atoms with van der Waals surface area (Å²) < 4.78 is 0. The molecule has 26 heavy (non-hydrogen) atoms. The molecule has 0 unspecified atom stereocenters. The average Bonchev–Trinajstić information content (AvgIpc) is 2.70. The number of rotatable bonds is 5. The van der Waals surface area contributed by atoms with E-state index in [1.165, 1.54) is 24.3 Å². The van der Waals surface area contributed by atoms with Crippen molar-refractivity contribution < 1.29 is 19.2 Å². The lowest BCUT2D eigenvalue weighted by Gasteiger charge is -2.17. The second-order valence-electron chi connectivity index (χ2n) is 5.37. The number of nitrogens with zero attached hydrogens (tertiary/aromatic N) is 2. The van der Waals surface area contributed by atoms with E-state index in [1.54, 1.807) is 36.4 Å². The highest BCUT2D eigenvalue weighted by Gasteiger charge is 2.23. The molecule has 2 aromatic rings. The van der Waals surface area contributed by atoms with Crippen molar-refractivity contribution in [3.05, 3.63) is 71.8 Å². The lowest BCUT2D eigenvalue weighted by atomic mass is 10.2. The third-order valence-electron chi connectivity index (χ3n) is 3.57. The van der Waals surface area contributed by atoms with Crippen LogP contribution < -0.4 is 11.7 Å². The number of hydrogen-bond donors (Lipinski definition) is 2. The van der Waals surface area contributed by atoms with E-state index in [4.69, 9.17) is 11.7 Å². The van der Waals surface area contributed by atoms with E-state index < -0.39 is 23.6 Å². The van der Waals surface area contributed by atoms with E-state index in [1.807, 2.05) is 0 Å². The van der Waals surface area contributed by atoms with Gasteiger partial charge in [-0.3, -0.25) is 19.2 Å². The van der Waals surface area contributed by atoms with Crippen molar-refractivity contribution in [1.82, 2.24) is 10.0 Å². The van der Waals surface area contributed by atoms with Gasteiger partial charge in [-0.15, -0.1) is 0 Å². The number of benzene rings is 2. The van der Waals surface area contributed by atoms with Crippen molar-refractivity contribution in [3.63, 3.8) is 0 Å². The standard InChI is InChI=1S/C18H18N4O4/c19-21(17(25)13-7-3-1-4-8-13)15(23)11-12-16(24)22(20)18(26)14-9-5-2-6-10-14/h1-10H,11-12,19-20H2. The number of carbonyl (C=O) groups is 4. The van der Waals surface area contributed by atoms with E-state index in [0.29, 0.717) is 10.0 Å². The fourth-order valence-corrected chi connectivity index (χ4v) is 2.12. The summed E-state index contributed by atoms with van der Waals surface area (Å²) in [6, 6.07) is 16.0. The van der Waals surface area contributed by atoms with Crippen LogP contribution in [0.4, 0.5) is 0 Å². The van der Waals surface area contributed by atoms with Gasteiger partial charge in [0.2, 0.25) is 11.8 Å². The summed E-state index contributed by atoms with van der Waals surface area (Å²) in [6.07, 6.45) is -0.715. The highest BCUT2D eigenvalue weighted by Crippen LogP contribution is 2.07. The minimum absolute atomic E-state index is 0.245. The van der Waals surface area contributed by atoms with E-state index in [-0.39, 0.29) is 24.0 Å². The summed E-state index contributed by atoms with van der Waals surface area (Å²) in [5, 5.41) is 0.894. The largest absolute Gasteiger partial charge is 0.274 e. The second kappa shape index (κ2) is 8.65. The third-order valence-corrected chi connectivity index (χ3v) is 3.57. The van der Waals surface area contributed by atoms with Crippen molar-refractivity contribution in [3.8, 4) is 0 Å². The first-order valence-corrected chi connectivity index (χ1v) is 7.76. The Morgan fingerprint density at radius 1 is 0.615 bits per heavy atom. The summed E-state index contributed by atoms with van der Waals surface area (Å²) >= 11 is 0. The summed E-state index contributed by atoms with van der Waals surface area (Å²) in [7, 11) is 0. The van der Waals surface area contributed by atoms with Gasteiger partial charge in [0.1, 0.15) is 0 Å². The molecule has 0 fully saturated rings. The van der Waals surface area contributed by atoms with Crippen LogP contribution in [0.3, 0.4) is 0 Å². The zero-order valence-electron chi connectivity index (χ0n) is 13.9. The molecule has 0 saturated carbocycles. The Kier molecular flexibility index (Phi) is 6.31. The molecular weight excluding hydrogens is 336 g/mol. The number of amides is 4. The van der Waals surface area contributed by atoms with Crippen molar-refractivity contribution in [2.24, 2.45) is 11.7 Å². The number of nitrogens with two attached hydrogens (primary N) is 2. The van der Waals surface area contributed by atoms with Gasteiger partial charge in [0.05, 0.1) is 0 Å². The Balaban J connectivity index is 1.91. The molecule has 0 spiro atoms. The molecule has 0 radical (unpaired) electrons. The van der Waals surface area contributed by atoms with Gasteiger partial charge in [-0.2, -0.15) is 0 Å². The Hall–Kier alpha value is -3.36. The number of hydrazine groups is 2. The summed E-state index contributed by atoms with van der Waals surface area (Å²) in [5.74, 6) is 8.15. The molecule has 0 atom stereocenters. The van der Waals surface area contributed by atoms with Crippen LogP contribution in [0.25, 0.3) is 0 Å². The maximum Gasteiger partial charge on any atom is 0.274 e. The lowest BCUT2D eigenvalue weighted by molar-refractivity contribution is -0.134. The predicted molar refractivity (Wildman–Crippen MR) is 92.8 cm³/mol. The van der Waals surface area contributed by atoms with Crippen molar-refractivity contribution >= 4 is 23.6 Å². The molecule has 0 aliphatic rings. The van der Waals surface area contributed by atoms with Crippen LogP contribution >= 0.6 is 0 Å². The minimum Gasteiger partial charge on any atom is -0.273 e. The summed E-state index contributed by atoms with van der Waals surface area (Å²) in [6.45, 7) is 0. The molecule has 2 aromatic carbocycles. The zero-order valence-corrected chi connectivity index (χ0v) is 13.9. The predicted octanol–water partition coefficient (Wildman–Crippen LogP) is 0.852. The van der Waals surface area contributed by atoms with Crippen LogP contribution in [0.1, 0.15) is 33.6 Å². The van der Waals surface area contributed by atoms with Crippen molar-refractivity contribution in [2.75, 3.05) is 0 Å². The Morgan fingerprint density at radius 3 is 1.23 bits per heavy atom.